The molecule has 4 rings (SSSR count). The van der Waals surface area contributed by atoms with Gasteiger partial charge in [-0.3, -0.25) is 14.4 Å². The first-order valence-electron chi connectivity index (χ1n) is 13.7. The number of halogens is 2. The predicted molar refractivity (Wildman–Crippen MR) is 176 cm³/mol. The first-order chi connectivity index (χ1) is 21.0. The third kappa shape index (κ3) is 8.57. The SMILES string of the molecule is Cc1ccc2cccc(OCc3c(Cl)ccc(N(C)C(=O)CNC(=O)C=Cc4ccc(NC(=O)CN(C)C)cc4)c3Cl)c2n1. The van der Waals surface area contributed by atoms with Crippen LogP contribution < -0.4 is 20.3 Å². The fourth-order valence-corrected chi connectivity index (χ4v) is 4.88. The number of aromatic nitrogens is 1. The molecule has 0 aliphatic rings. The van der Waals surface area contributed by atoms with Crippen molar-refractivity contribution in [1.82, 2.24) is 15.2 Å². The molecule has 0 fully saturated rings. The summed E-state index contributed by atoms with van der Waals surface area (Å²) in [6.07, 6.45) is 2.95. The summed E-state index contributed by atoms with van der Waals surface area (Å²) in [5, 5.41) is 7.00. The zero-order valence-electron chi connectivity index (χ0n) is 24.9. The summed E-state index contributed by atoms with van der Waals surface area (Å²) in [4.78, 5) is 45.0. The van der Waals surface area contributed by atoms with Crippen LogP contribution in [0.1, 0.15) is 16.8 Å². The van der Waals surface area contributed by atoms with Crippen LogP contribution in [-0.2, 0) is 21.0 Å². The molecule has 0 bridgehead atoms. The van der Waals surface area contributed by atoms with Crippen LogP contribution in [0.2, 0.25) is 10.0 Å². The molecule has 0 atom stereocenters. The number of pyridine rings is 1. The van der Waals surface area contributed by atoms with E-state index in [-0.39, 0.29) is 36.5 Å². The van der Waals surface area contributed by atoms with Gasteiger partial charge in [0.2, 0.25) is 17.7 Å². The number of carbonyl (C=O) groups is 3. The Hall–Kier alpha value is -4.44. The van der Waals surface area contributed by atoms with Crippen molar-refractivity contribution in [1.29, 1.82) is 0 Å². The zero-order valence-corrected chi connectivity index (χ0v) is 26.4. The number of likely N-dealkylation sites (N-methyl/N-ethyl adjacent to an activating group) is 2. The number of ether oxygens (including phenoxy) is 1. The van der Waals surface area contributed by atoms with Crippen LogP contribution in [0.5, 0.6) is 5.75 Å². The largest absolute Gasteiger partial charge is 0.487 e. The maximum Gasteiger partial charge on any atom is 0.246 e. The average Bonchev–Trinajstić information content (AvgIpc) is 2.98. The second-order valence-electron chi connectivity index (χ2n) is 10.3. The molecule has 0 aliphatic heterocycles. The van der Waals surface area contributed by atoms with Crippen molar-refractivity contribution >= 4 is 69.3 Å². The Kier molecular flexibility index (Phi) is 10.9. The van der Waals surface area contributed by atoms with E-state index >= 15 is 0 Å². The van der Waals surface area contributed by atoms with Crippen molar-refractivity contribution in [2.75, 3.05) is 44.4 Å². The second kappa shape index (κ2) is 14.8. The summed E-state index contributed by atoms with van der Waals surface area (Å²) in [7, 11) is 5.20. The molecule has 0 spiro atoms. The number of nitrogens with zero attached hydrogens (tertiary/aromatic N) is 3. The Bertz CT molecular complexity index is 1710. The van der Waals surface area contributed by atoms with Crippen molar-refractivity contribution in [2.45, 2.75) is 13.5 Å². The van der Waals surface area contributed by atoms with Gasteiger partial charge in [0.1, 0.15) is 17.9 Å². The van der Waals surface area contributed by atoms with Gasteiger partial charge in [-0.1, -0.05) is 53.5 Å². The number of rotatable bonds is 11. The zero-order chi connectivity index (χ0) is 31.8. The molecular formula is C33H33Cl2N5O4. The molecule has 11 heteroatoms. The second-order valence-corrected chi connectivity index (χ2v) is 11.1. The van der Waals surface area contributed by atoms with Crippen molar-refractivity contribution in [2.24, 2.45) is 0 Å². The van der Waals surface area contributed by atoms with Gasteiger partial charge in [0.25, 0.3) is 0 Å². The van der Waals surface area contributed by atoms with E-state index in [2.05, 4.69) is 15.6 Å². The van der Waals surface area contributed by atoms with E-state index in [1.807, 2.05) is 51.4 Å². The number of hydrogen-bond donors (Lipinski definition) is 2. The minimum atomic E-state index is -0.440. The first-order valence-corrected chi connectivity index (χ1v) is 14.5. The lowest BCUT2D eigenvalue weighted by molar-refractivity contribution is -0.122. The van der Waals surface area contributed by atoms with E-state index < -0.39 is 5.91 Å². The fourth-order valence-electron chi connectivity index (χ4n) is 4.27. The molecule has 4 aromatic rings. The Morgan fingerprint density at radius 1 is 0.955 bits per heavy atom. The summed E-state index contributed by atoms with van der Waals surface area (Å²) >= 11 is 13.2. The maximum absolute atomic E-state index is 12.9. The molecule has 44 heavy (non-hydrogen) atoms. The molecule has 0 saturated heterocycles. The standard InChI is InChI=1S/C33H33Cl2N5O4/c1-21-8-12-23-6-5-7-28(33(23)37-21)44-20-25-26(34)15-16-27(32(25)35)40(4)31(43)18-36-29(41)17-11-22-9-13-24(14-10-22)38-30(42)19-39(2)3/h5-17H,18-20H2,1-4H3,(H,36,41)(H,38,42). The van der Waals surface area contributed by atoms with Gasteiger partial charge in [0, 0.05) is 40.5 Å². The number of benzene rings is 3. The van der Waals surface area contributed by atoms with Gasteiger partial charge >= 0.3 is 0 Å². The van der Waals surface area contributed by atoms with E-state index in [9.17, 15) is 14.4 Å². The summed E-state index contributed by atoms with van der Waals surface area (Å²) in [5.41, 5.74) is 3.95. The van der Waals surface area contributed by atoms with Crippen molar-refractivity contribution in [3.63, 3.8) is 0 Å². The smallest absolute Gasteiger partial charge is 0.246 e. The summed E-state index contributed by atoms with van der Waals surface area (Å²) < 4.78 is 6.08. The summed E-state index contributed by atoms with van der Waals surface area (Å²) in [5.74, 6) is -0.350. The molecular weight excluding hydrogens is 601 g/mol. The maximum atomic E-state index is 12.9. The van der Waals surface area contributed by atoms with Gasteiger partial charge in [-0.05, 0) is 69.1 Å². The van der Waals surface area contributed by atoms with Gasteiger partial charge < -0.3 is 25.2 Å². The molecule has 0 unspecified atom stereocenters. The monoisotopic (exact) mass is 633 g/mol. The number of para-hydroxylation sites is 1. The highest BCUT2D eigenvalue weighted by Gasteiger charge is 2.19. The minimum Gasteiger partial charge on any atom is -0.487 e. The topological polar surface area (TPSA) is 104 Å². The van der Waals surface area contributed by atoms with Crippen molar-refractivity contribution < 1.29 is 19.1 Å². The van der Waals surface area contributed by atoms with Crippen LogP contribution >= 0.6 is 23.2 Å². The third-order valence-electron chi connectivity index (χ3n) is 6.59. The molecule has 228 valence electrons. The van der Waals surface area contributed by atoms with Gasteiger partial charge in [0.05, 0.1) is 23.8 Å². The number of carbonyl (C=O) groups excluding carboxylic acids is 3. The third-order valence-corrected chi connectivity index (χ3v) is 7.37. The first kappa shape index (κ1) is 32.5. The quantitative estimate of drug-likeness (QED) is 0.205. The van der Waals surface area contributed by atoms with Gasteiger partial charge in [0.15, 0.2) is 0 Å². The van der Waals surface area contributed by atoms with E-state index in [0.29, 0.717) is 27.7 Å². The number of amides is 3. The summed E-state index contributed by atoms with van der Waals surface area (Å²) in [6.45, 7) is 2.00. The number of fused-ring (bicyclic) bond motifs is 1. The fraction of sp³-hybridized carbons (Fsp3) is 0.212. The average molecular weight is 635 g/mol. The highest BCUT2D eigenvalue weighted by atomic mass is 35.5. The molecule has 1 aromatic heterocycles. The van der Waals surface area contributed by atoms with Crippen LogP contribution in [0.25, 0.3) is 17.0 Å². The molecule has 3 aromatic carbocycles. The number of aryl methyl sites for hydroxylation is 1. The summed E-state index contributed by atoms with van der Waals surface area (Å²) in [6, 6.07) is 19.9. The van der Waals surface area contributed by atoms with Gasteiger partial charge in [-0.25, -0.2) is 4.98 Å². The number of nitrogens with one attached hydrogen (secondary N) is 2. The molecule has 1 heterocycles. The van der Waals surface area contributed by atoms with Gasteiger partial charge in [-0.2, -0.15) is 0 Å². The van der Waals surface area contributed by atoms with Crippen LogP contribution in [0.3, 0.4) is 0 Å². The van der Waals surface area contributed by atoms with Gasteiger partial charge in [-0.15, -0.1) is 0 Å². The highest BCUT2D eigenvalue weighted by Crippen LogP contribution is 2.35. The molecule has 0 saturated carbocycles. The molecule has 2 N–H and O–H groups in total. The lowest BCUT2D eigenvalue weighted by Crippen LogP contribution is -2.37. The van der Waals surface area contributed by atoms with Crippen LogP contribution in [0.15, 0.2) is 72.8 Å². The van der Waals surface area contributed by atoms with E-state index in [1.165, 1.54) is 11.0 Å². The van der Waals surface area contributed by atoms with E-state index in [0.717, 1.165) is 22.2 Å². The molecule has 9 nitrogen and oxygen atoms in total. The minimum absolute atomic E-state index is 0.0627. The molecule has 3 amide bonds. The number of hydrogen-bond acceptors (Lipinski definition) is 6. The Morgan fingerprint density at radius 3 is 2.43 bits per heavy atom. The predicted octanol–water partition coefficient (Wildman–Crippen LogP) is 5.72. The lowest BCUT2D eigenvalue weighted by atomic mass is 10.1. The van der Waals surface area contributed by atoms with E-state index in [4.69, 9.17) is 27.9 Å². The van der Waals surface area contributed by atoms with Crippen LogP contribution in [0, 0.1) is 6.92 Å². The lowest BCUT2D eigenvalue weighted by Gasteiger charge is -2.21. The number of anilines is 2. The Labute approximate surface area is 266 Å². The van der Waals surface area contributed by atoms with Crippen LogP contribution in [0.4, 0.5) is 11.4 Å². The Morgan fingerprint density at radius 2 is 1.70 bits per heavy atom. The molecule has 0 aliphatic carbocycles. The van der Waals surface area contributed by atoms with Crippen LogP contribution in [-0.4, -0.2) is 61.8 Å². The van der Waals surface area contributed by atoms with E-state index in [1.54, 1.807) is 54.4 Å². The normalized spacial score (nSPS) is 11.2. The van der Waals surface area contributed by atoms with Crippen molar-refractivity contribution in [3.05, 3.63) is 99.7 Å². The molecule has 0 radical (unpaired) electrons. The van der Waals surface area contributed by atoms with Crippen molar-refractivity contribution in [3.8, 4) is 5.75 Å². The highest BCUT2D eigenvalue weighted by molar-refractivity contribution is 6.38. The Balaban J connectivity index is 1.34.